The van der Waals surface area contributed by atoms with E-state index in [1.54, 1.807) is 0 Å². The average Bonchev–Trinajstić information content (AvgIpc) is 3.72. The van der Waals surface area contributed by atoms with Crippen molar-refractivity contribution in [1.82, 2.24) is 9.13 Å². The third-order valence-corrected chi connectivity index (χ3v) is 9.10. The van der Waals surface area contributed by atoms with Gasteiger partial charge in [-0.05, 0) is 65.4 Å². The van der Waals surface area contributed by atoms with Crippen LogP contribution < -0.4 is 0 Å². The molecule has 0 amide bonds. The molecule has 0 saturated carbocycles. The van der Waals surface area contributed by atoms with Crippen molar-refractivity contribution in [2.24, 2.45) is 0 Å². The number of para-hydroxylation sites is 3. The Bertz CT molecular complexity index is 2680. The Labute approximate surface area is 246 Å². The van der Waals surface area contributed by atoms with Crippen molar-refractivity contribution in [3.05, 3.63) is 146 Å². The van der Waals surface area contributed by atoms with Crippen LogP contribution >= 0.6 is 0 Å². The minimum atomic E-state index is 0.900. The molecule has 200 valence electrons. The van der Waals surface area contributed by atoms with E-state index in [-0.39, 0.29) is 0 Å². The molecule has 0 aliphatic heterocycles. The van der Waals surface area contributed by atoms with Crippen LogP contribution in [0.2, 0.25) is 0 Å². The van der Waals surface area contributed by atoms with Crippen LogP contribution in [0.1, 0.15) is 0 Å². The molecular weight excluding hydrogens is 524 g/mol. The standard InChI is InChI=1S/C40H24N2O/c1-2-10-28-25(9-1)17-22-38-40(28)32-20-18-27(24-39(32)43-38)42-36-16-8-5-13-31(36)33-23-26(19-21-37(33)42)41-34-14-6-3-11-29(34)30-12-4-7-15-35(30)41/h1-24H. The zero-order chi connectivity index (χ0) is 28.1. The Kier molecular flexibility index (Phi) is 4.45. The molecule has 0 aliphatic carbocycles. The first-order valence-electron chi connectivity index (χ1n) is 14.7. The summed E-state index contributed by atoms with van der Waals surface area (Å²) in [5.74, 6) is 0. The monoisotopic (exact) mass is 548 g/mol. The summed E-state index contributed by atoms with van der Waals surface area (Å²) in [4.78, 5) is 0. The lowest BCUT2D eigenvalue weighted by Crippen LogP contribution is -1.95. The maximum Gasteiger partial charge on any atom is 0.137 e. The van der Waals surface area contributed by atoms with Gasteiger partial charge in [-0.3, -0.25) is 0 Å². The molecule has 0 spiro atoms. The first-order chi connectivity index (χ1) is 21.3. The lowest BCUT2D eigenvalue weighted by molar-refractivity contribution is 0.669. The smallest absolute Gasteiger partial charge is 0.137 e. The maximum atomic E-state index is 6.46. The fourth-order valence-corrected chi connectivity index (χ4v) is 7.25. The zero-order valence-corrected chi connectivity index (χ0v) is 23.2. The first-order valence-corrected chi connectivity index (χ1v) is 14.7. The minimum absolute atomic E-state index is 0.900. The molecule has 0 N–H and O–H groups in total. The number of benzene rings is 7. The number of hydrogen-bond donors (Lipinski definition) is 0. The van der Waals surface area contributed by atoms with Crippen molar-refractivity contribution < 1.29 is 4.42 Å². The van der Waals surface area contributed by atoms with E-state index in [1.807, 2.05) is 0 Å². The molecular formula is C40H24N2O. The molecule has 10 rings (SSSR count). The maximum absolute atomic E-state index is 6.46. The predicted molar refractivity (Wildman–Crippen MR) is 180 cm³/mol. The van der Waals surface area contributed by atoms with Crippen LogP contribution in [0.15, 0.2) is 150 Å². The minimum Gasteiger partial charge on any atom is -0.456 e. The van der Waals surface area contributed by atoms with Gasteiger partial charge < -0.3 is 13.6 Å². The summed E-state index contributed by atoms with van der Waals surface area (Å²) in [6.45, 7) is 0. The second-order valence-electron chi connectivity index (χ2n) is 11.4. The molecule has 43 heavy (non-hydrogen) atoms. The molecule has 0 aliphatic rings. The summed E-state index contributed by atoms with van der Waals surface area (Å²) >= 11 is 0. The second-order valence-corrected chi connectivity index (χ2v) is 11.4. The van der Waals surface area contributed by atoms with Gasteiger partial charge >= 0.3 is 0 Å². The molecule has 0 unspecified atom stereocenters. The van der Waals surface area contributed by atoms with Crippen LogP contribution in [0.25, 0.3) is 87.7 Å². The summed E-state index contributed by atoms with van der Waals surface area (Å²) < 4.78 is 11.2. The molecule has 3 heterocycles. The molecule has 0 fully saturated rings. The third-order valence-electron chi connectivity index (χ3n) is 9.10. The Morgan fingerprint density at radius 1 is 0.349 bits per heavy atom. The Hall–Kier alpha value is -5.80. The predicted octanol–water partition coefficient (Wildman–Crippen LogP) is 10.9. The number of nitrogens with zero attached hydrogens (tertiary/aromatic N) is 2. The quantitative estimate of drug-likeness (QED) is 0.211. The number of aromatic nitrogens is 2. The largest absolute Gasteiger partial charge is 0.456 e. The van der Waals surface area contributed by atoms with Crippen molar-refractivity contribution in [3.8, 4) is 11.4 Å². The SMILES string of the molecule is c1ccc2c(c1)ccc1oc3cc(-n4c5ccccc5c5cc(-n6c7ccccc7c7ccccc76)ccc54)ccc3c12. The van der Waals surface area contributed by atoms with Crippen molar-refractivity contribution >= 4 is 76.3 Å². The highest BCUT2D eigenvalue weighted by atomic mass is 16.3. The highest BCUT2D eigenvalue weighted by Gasteiger charge is 2.17. The van der Waals surface area contributed by atoms with Crippen molar-refractivity contribution in [2.75, 3.05) is 0 Å². The second kappa shape index (κ2) is 8.37. The van der Waals surface area contributed by atoms with Crippen molar-refractivity contribution in [3.63, 3.8) is 0 Å². The van der Waals surface area contributed by atoms with Crippen molar-refractivity contribution in [1.29, 1.82) is 0 Å². The van der Waals surface area contributed by atoms with Crippen LogP contribution in [-0.2, 0) is 0 Å². The van der Waals surface area contributed by atoms with E-state index in [0.717, 1.165) is 27.9 Å². The van der Waals surface area contributed by atoms with E-state index in [9.17, 15) is 0 Å². The van der Waals surface area contributed by atoms with Crippen molar-refractivity contribution in [2.45, 2.75) is 0 Å². The van der Waals surface area contributed by atoms with Crippen LogP contribution in [0.3, 0.4) is 0 Å². The van der Waals surface area contributed by atoms with E-state index in [4.69, 9.17) is 4.42 Å². The van der Waals surface area contributed by atoms with E-state index in [1.165, 1.54) is 59.8 Å². The summed E-state index contributed by atoms with van der Waals surface area (Å²) in [7, 11) is 0. The average molecular weight is 549 g/mol. The molecule has 0 radical (unpaired) electrons. The lowest BCUT2D eigenvalue weighted by atomic mass is 10.0. The van der Waals surface area contributed by atoms with Gasteiger partial charge in [-0.2, -0.15) is 0 Å². The molecule has 3 heteroatoms. The van der Waals surface area contributed by atoms with Gasteiger partial charge in [0, 0.05) is 49.8 Å². The third kappa shape index (κ3) is 3.08. The van der Waals surface area contributed by atoms with Gasteiger partial charge in [0.2, 0.25) is 0 Å². The van der Waals surface area contributed by atoms with E-state index in [0.29, 0.717) is 0 Å². The fourth-order valence-electron chi connectivity index (χ4n) is 7.25. The molecule has 0 bridgehead atoms. The van der Waals surface area contributed by atoms with E-state index < -0.39 is 0 Å². The topological polar surface area (TPSA) is 23.0 Å². The normalized spacial score (nSPS) is 12.2. The summed E-state index contributed by atoms with van der Waals surface area (Å²) in [6, 6.07) is 52.3. The Morgan fingerprint density at radius 3 is 1.58 bits per heavy atom. The molecule has 3 aromatic heterocycles. The van der Waals surface area contributed by atoms with Gasteiger partial charge in [-0.1, -0.05) is 84.9 Å². The lowest BCUT2D eigenvalue weighted by Gasteiger charge is -2.10. The molecule has 0 atom stereocenters. The van der Waals surface area contributed by atoms with Gasteiger partial charge in [-0.25, -0.2) is 0 Å². The number of fused-ring (bicyclic) bond motifs is 11. The molecule has 7 aromatic carbocycles. The summed E-state index contributed by atoms with van der Waals surface area (Å²) in [5.41, 5.74) is 8.85. The van der Waals surface area contributed by atoms with Crippen LogP contribution in [-0.4, -0.2) is 9.13 Å². The van der Waals surface area contributed by atoms with Crippen LogP contribution in [0.5, 0.6) is 0 Å². The van der Waals surface area contributed by atoms with E-state index in [2.05, 4.69) is 155 Å². The van der Waals surface area contributed by atoms with Gasteiger partial charge in [0.1, 0.15) is 11.2 Å². The molecule has 10 aromatic rings. The van der Waals surface area contributed by atoms with Gasteiger partial charge in [0.25, 0.3) is 0 Å². The summed E-state index contributed by atoms with van der Waals surface area (Å²) in [5, 5.41) is 9.77. The zero-order valence-electron chi connectivity index (χ0n) is 23.2. The van der Waals surface area contributed by atoms with Gasteiger partial charge in [0.15, 0.2) is 0 Å². The number of rotatable bonds is 2. The number of hydrogen-bond acceptors (Lipinski definition) is 1. The number of furan rings is 1. The van der Waals surface area contributed by atoms with Gasteiger partial charge in [-0.15, -0.1) is 0 Å². The fraction of sp³-hybridized carbons (Fsp3) is 0. The van der Waals surface area contributed by atoms with Gasteiger partial charge in [0.05, 0.1) is 22.1 Å². The Balaban J connectivity index is 1.23. The first kappa shape index (κ1) is 22.8. The summed E-state index contributed by atoms with van der Waals surface area (Å²) in [6.07, 6.45) is 0. The highest BCUT2D eigenvalue weighted by Crippen LogP contribution is 2.39. The Morgan fingerprint density at radius 2 is 0.884 bits per heavy atom. The van der Waals surface area contributed by atoms with E-state index >= 15 is 0 Å². The van der Waals surface area contributed by atoms with Crippen LogP contribution in [0, 0.1) is 0 Å². The molecule has 0 saturated heterocycles. The van der Waals surface area contributed by atoms with Crippen LogP contribution in [0.4, 0.5) is 0 Å². The highest BCUT2D eigenvalue weighted by molar-refractivity contribution is 6.19. The molecule has 3 nitrogen and oxygen atoms in total.